The first-order valence-corrected chi connectivity index (χ1v) is 8.67. The minimum absolute atomic E-state index is 0.320. The maximum Gasteiger partial charge on any atom is 0.256 e. The molecule has 2 heterocycles. The fourth-order valence-corrected chi connectivity index (χ4v) is 5.41. The molecule has 1 aliphatic rings. The van der Waals surface area contributed by atoms with Crippen LogP contribution in [0.25, 0.3) is 0 Å². The van der Waals surface area contributed by atoms with Crippen LogP contribution in [0, 0.1) is 5.92 Å². The van der Waals surface area contributed by atoms with Gasteiger partial charge in [-0.1, -0.05) is 0 Å². The second-order valence-corrected chi connectivity index (χ2v) is 7.75. The summed E-state index contributed by atoms with van der Waals surface area (Å²) in [5, 5.41) is 4.87. The summed E-state index contributed by atoms with van der Waals surface area (Å²) in [4.78, 5) is 0. The second kappa shape index (κ2) is 6.21. The van der Waals surface area contributed by atoms with Crippen LogP contribution in [-0.4, -0.2) is 46.5 Å². The van der Waals surface area contributed by atoms with Gasteiger partial charge in [-0.2, -0.15) is 4.31 Å². The van der Waals surface area contributed by atoms with Gasteiger partial charge >= 0.3 is 0 Å². The number of ether oxygens (including phenoxy) is 1. The fourth-order valence-electron chi connectivity index (χ4n) is 2.44. The molecule has 108 valence electrons. The van der Waals surface area contributed by atoms with Crippen molar-refractivity contribution in [3.63, 3.8) is 0 Å². The molecule has 1 aliphatic heterocycles. The standard InChI is InChI=1S/C12H20N2O3S2/c1-13-8-10-4-3-6-14(9-10)19(15,16)12-11(17-2)5-7-18-12/h5,7,10,13H,3-4,6,8-9H2,1-2H3. The molecule has 1 unspecified atom stereocenters. The summed E-state index contributed by atoms with van der Waals surface area (Å²) in [6.45, 7) is 2.04. The van der Waals surface area contributed by atoms with Gasteiger partial charge in [0.15, 0.2) is 4.21 Å². The number of sulfonamides is 1. The monoisotopic (exact) mass is 304 g/mol. The number of rotatable bonds is 5. The number of hydrogen-bond donors (Lipinski definition) is 1. The molecule has 1 atom stereocenters. The third-order valence-electron chi connectivity index (χ3n) is 3.36. The summed E-state index contributed by atoms with van der Waals surface area (Å²) in [5.41, 5.74) is 0. The quantitative estimate of drug-likeness (QED) is 0.893. The van der Waals surface area contributed by atoms with Crippen molar-refractivity contribution in [3.8, 4) is 5.75 Å². The van der Waals surface area contributed by atoms with Crippen LogP contribution in [-0.2, 0) is 10.0 Å². The van der Waals surface area contributed by atoms with E-state index in [1.807, 2.05) is 7.05 Å². The molecular weight excluding hydrogens is 284 g/mol. The summed E-state index contributed by atoms with van der Waals surface area (Å²) < 4.78 is 32.3. The zero-order valence-electron chi connectivity index (χ0n) is 11.3. The van der Waals surface area contributed by atoms with Crippen LogP contribution < -0.4 is 10.1 Å². The van der Waals surface area contributed by atoms with Gasteiger partial charge < -0.3 is 10.1 Å². The molecule has 0 bridgehead atoms. The van der Waals surface area contributed by atoms with E-state index in [0.29, 0.717) is 29.0 Å². The number of nitrogens with zero attached hydrogens (tertiary/aromatic N) is 1. The van der Waals surface area contributed by atoms with E-state index in [2.05, 4.69) is 5.32 Å². The van der Waals surface area contributed by atoms with Crippen molar-refractivity contribution in [1.82, 2.24) is 9.62 Å². The van der Waals surface area contributed by atoms with Gasteiger partial charge in [-0.25, -0.2) is 8.42 Å². The minimum atomic E-state index is -3.41. The Labute approximate surface area is 118 Å². The molecular formula is C12H20N2O3S2. The third kappa shape index (κ3) is 3.10. The number of piperidine rings is 1. The number of thiophene rings is 1. The molecule has 7 heteroatoms. The second-order valence-electron chi connectivity index (χ2n) is 4.71. The van der Waals surface area contributed by atoms with Gasteiger partial charge in [0.1, 0.15) is 5.75 Å². The average Bonchev–Trinajstić information content (AvgIpc) is 2.88. The van der Waals surface area contributed by atoms with Gasteiger partial charge in [-0.15, -0.1) is 11.3 Å². The van der Waals surface area contributed by atoms with E-state index in [0.717, 1.165) is 19.4 Å². The maximum atomic E-state index is 12.6. The Morgan fingerprint density at radius 1 is 1.58 bits per heavy atom. The molecule has 2 rings (SSSR count). The van der Waals surface area contributed by atoms with Gasteiger partial charge in [0, 0.05) is 13.1 Å². The van der Waals surface area contributed by atoms with E-state index in [-0.39, 0.29) is 0 Å². The molecule has 5 nitrogen and oxygen atoms in total. The maximum absolute atomic E-state index is 12.6. The van der Waals surface area contributed by atoms with Crippen molar-refractivity contribution in [2.75, 3.05) is 33.8 Å². The number of methoxy groups -OCH3 is 1. The molecule has 1 aromatic rings. The highest BCUT2D eigenvalue weighted by molar-refractivity contribution is 7.91. The molecule has 1 saturated heterocycles. The fraction of sp³-hybridized carbons (Fsp3) is 0.667. The lowest BCUT2D eigenvalue weighted by molar-refractivity contribution is 0.263. The van der Waals surface area contributed by atoms with Gasteiger partial charge in [0.2, 0.25) is 0 Å². The molecule has 19 heavy (non-hydrogen) atoms. The molecule has 0 aliphatic carbocycles. The molecule has 1 N–H and O–H groups in total. The van der Waals surface area contributed by atoms with Crippen molar-refractivity contribution < 1.29 is 13.2 Å². The first-order chi connectivity index (χ1) is 9.09. The highest BCUT2D eigenvalue weighted by Gasteiger charge is 2.32. The number of hydrogen-bond acceptors (Lipinski definition) is 5. The van der Waals surface area contributed by atoms with E-state index in [1.54, 1.807) is 15.8 Å². The van der Waals surface area contributed by atoms with Crippen molar-refractivity contribution in [2.45, 2.75) is 17.1 Å². The van der Waals surface area contributed by atoms with Gasteiger partial charge in [0.25, 0.3) is 10.0 Å². The minimum Gasteiger partial charge on any atom is -0.494 e. The Kier molecular flexibility index (Phi) is 4.83. The smallest absolute Gasteiger partial charge is 0.256 e. The van der Waals surface area contributed by atoms with Crippen LogP contribution in [0.5, 0.6) is 5.75 Å². The Balaban J connectivity index is 2.20. The highest BCUT2D eigenvalue weighted by atomic mass is 32.2. The molecule has 1 fully saturated rings. The summed E-state index contributed by atoms with van der Waals surface area (Å²) in [6, 6.07) is 1.70. The topological polar surface area (TPSA) is 58.6 Å². The summed E-state index contributed by atoms with van der Waals surface area (Å²) in [6.07, 6.45) is 1.99. The zero-order chi connectivity index (χ0) is 13.9. The van der Waals surface area contributed by atoms with Crippen molar-refractivity contribution in [1.29, 1.82) is 0 Å². The van der Waals surface area contributed by atoms with E-state index in [9.17, 15) is 8.42 Å². The summed E-state index contributed by atoms with van der Waals surface area (Å²) in [5.74, 6) is 0.834. The molecule has 0 spiro atoms. The van der Waals surface area contributed by atoms with E-state index in [4.69, 9.17) is 4.74 Å². The average molecular weight is 304 g/mol. The molecule has 0 saturated carbocycles. The zero-order valence-corrected chi connectivity index (χ0v) is 12.9. The van der Waals surface area contributed by atoms with Gasteiger partial charge in [-0.3, -0.25) is 0 Å². The highest BCUT2D eigenvalue weighted by Crippen LogP contribution is 2.33. The lowest BCUT2D eigenvalue weighted by atomic mass is 10.00. The Bertz CT molecular complexity index is 511. The Morgan fingerprint density at radius 3 is 3.05 bits per heavy atom. The van der Waals surface area contributed by atoms with Crippen molar-refractivity contribution in [2.24, 2.45) is 5.92 Å². The Hall–Kier alpha value is -0.630. The summed E-state index contributed by atoms with van der Waals surface area (Å²) >= 11 is 1.22. The molecule has 0 amide bonds. The SMILES string of the molecule is CNCC1CCCN(S(=O)(=O)c2sccc2OC)C1. The van der Waals surface area contributed by atoms with Crippen LogP contribution in [0.3, 0.4) is 0 Å². The predicted octanol–water partition coefficient (Wildman–Crippen LogP) is 1.38. The van der Waals surface area contributed by atoms with Gasteiger partial charge in [-0.05, 0) is 43.8 Å². The predicted molar refractivity (Wildman–Crippen MR) is 76.3 cm³/mol. The van der Waals surface area contributed by atoms with Crippen LogP contribution in [0.2, 0.25) is 0 Å². The molecule has 0 aromatic carbocycles. The number of nitrogens with one attached hydrogen (secondary N) is 1. The van der Waals surface area contributed by atoms with Crippen molar-refractivity contribution >= 4 is 21.4 Å². The van der Waals surface area contributed by atoms with E-state index < -0.39 is 10.0 Å². The first-order valence-electron chi connectivity index (χ1n) is 6.35. The van der Waals surface area contributed by atoms with E-state index >= 15 is 0 Å². The third-order valence-corrected chi connectivity index (χ3v) is 6.65. The van der Waals surface area contributed by atoms with Gasteiger partial charge in [0.05, 0.1) is 7.11 Å². The summed E-state index contributed by atoms with van der Waals surface area (Å²) in [7, 11) is -0.0140. The van der Waals surface area contributed by atoms with E-state index in [1.165, 1.54) is 18.4 Å². The lowest BCUT2D eigenvalue weighted by Gasteiger charge is -2.31. The van der Waals surface area contributed by atoms with Crippen LogP contribution in [0.15, 0.2) is 15.7 Å². The van der Waals surface area contributed by atoms with Crippen LogP contribution in [0.4, 0.5) is 0 Å². The largest absolute Gasteiger partial charge is 0.494 e. The van der Waals surface area contributed by atoms with Crippen molar-refractivity contribution in [3.05, 3.63) is 11.4 Å². The lowest BCUT2D eigenvalue weighted by Crippen LogP contribution is -2.42. The Morgan fingerprint density at radius 2 is 2.37 bits per heavy atom. The molecule has 1 aromatic heterocycles. The van der Waals surface area contributed by atoms with Crippen LogP contribution in [0.1, 0.15) is 12.8 Å². The molecule has 0 radical (unpaired) electrons. The first kappa shape index (κ1) is 14.8. The normalized spacial score (nSPS) is 21.5. The van der Waals surface area contributed by atoms with Crippen LogP contribution >= 0.6 is 11.3 Å².